The van der Waals surface area contributed by atoms with Crippen LogP contribution in [0.15, 0.2) is 11.6 Å². The van der Waals surface area contributed by atoms with Crippen LogP contribution in [0.5, 0.6) is 0 Å². The second-order valence-electron chi connectivity index (χ2n) is 2.78. The monoisotopic (exact) mass is 185 g/mol. The first kappa shape index (κ1) is 11.7. The number of rotatable bonds is 5. The summed E-state index contributed by atoms with van der Waals surface area (Å²) in [7, 11) is 0. The van der Waals surface area contributed by atoms with Gasteiger partial charge in [0.25, 0.3) is 0 Å². The van der Waals surface area contributed by atoms with Gasteiger partial charge in [-0.2, -0.15) is 0 Å². The molecule has 0 unspecified atom stereocenters. The van der Waals surface area contributed by atoms with Gasteiger partial charge in [0.1, 0.15) is 0 Å². The summed E-state index contributed by atoms with van der Waals surface area (Å²) in [5.74, 6) is -1.40. The average molecular weight is 185 g/mol. The maximum atomic E-state index is 11.0. The zero-order valence-corrected chi connectivity index (χ0v) is 7.96. The van der Waals surface area contributed by atoms with Crippen LogP contribution >= 0.6 is 0 Å². The number of unbranched alkanes of at least 4 members (excludes halogenated alkanes) is 1. The van der Waals surface area contributed by atoms with Gasteiger partial charge in [0.15, 0.2) is 0 Å². The van der Waals surface area contributed by atoms with E-state index in [2.05, 4.69) is 5.32 Å². The predicted octanol–water partition coefficient (Wildman–Crippen LogP) is 0.934. The van der Waals surface area contributed by atoms with E-state index in [1.807, 2.05) is 6.92 Å². The van der Waals surface area contributed by atoms with Crippen LogP contribution < -0.4 is 5.32 Å². The average Bonchev–Trinajstić information content (AvgIpc) is 2.04. The number of carbonyl (C=O) groups excluding carboxylic acids is 1. The van der Waals surface area contributed by atoms with Crippen molar-refractivity contribution >= 4 is 11.9 Å². The summed E-state index contributed by atoms with van der Waals surface area (Å²) < 4.78 is 0. The number of carboxylic acids is 1. The van der Waals surface area contributed by atoms with Crippen molar-refractivity contribution in [3.63, 3.8) is 0 Å². The summed E-state index contributed by atoms with van der Waals surface area (Å²) in [6, 6.07) is 0. The summed E-state index contributed by atoms with van der Waals surface area (Å²) >= 11 is 0. The van der Waals surface area contributed by atoms with Gasteiger partial charge in [-0.3, -0.25) is 4.79 Å². The third kappa shape index (κ3) is 5.90. The molecule has 74 valence electrons. The van der Waals surface area contributed by atoms with Crippen LogP contribution in [0.4, 0.5) is 0 Å². The van der Waals surface area contributed by atoms with Crippen molar-refractivity contribution in [3.05, 3.63) is 11.6 Å². The summed E-state index contributed by atoms with van der Waals surface area (Å²) in [5.41, 5.74) is 0.0500. The molecule has 1 amide bonds. The van der Waals surface area contributed by atoms with Crippen molar-refractivity contribution < 1.29 is 14.7 Å². The Morgan fingerprint density at radius 2 is 2.08 bits per heavy atom. The Labute approximate surface area is 77.6 Å². The zero-order valence-electron chi connectivity index (χ0n) is 7.96. The molecular formula is C9H15NO3. The lowest BCUT2D eigenvalue weighted by Crippen LogP contribution is -2.22. The smallest absolute Gasteiger partial charge is 0.331 e. The van der Waals surface area contributed by atoms with Crippen LogP contribution in [0.1, 0.15) is 26.7 Å². The molecule has 0 bridgehead atoms. The van der Waals surface area contributed by atoms with E-state index in [0.717, 1.165) is 18.9 Å². The molecule has 13 heavy (non-hydrogen) atoms. The van der Waals surface area contributed by atoms with E-state index in [1.165, 1.54) is 6.92 Å². The molecule has 0 aromatic rings. The van der Waals surface area contributed by atoms with Gasteiger partial charge in [0, 0.05) is 18.2 Å². The van der Waals surface area contributed by atoms with Crippen LogP contribution in [0.2, 0.25) is 0 Å². The second kappa shape index (κ2) is 6.22. The van der Waals surface area contributed by atoms with Gasteiger partial charge >= 0.3 is 5.97 Å². The van der Waals surface area contributed by atoms with Gasteiger partial charge < -0.3 is 10.4 Å². The number of hydrogen-bond acceptors (Lipinski definition) is 2. The van der Waals surface area contributed by atoms with Crippen molar-refractivity contribution in [2.45, 2.75) is 26.7 Å². The van der Waals surface area contributed by atoms with E-state index in [0.29, 0.717) is 6.54 Å². The zero-order chi connectivity index (χ0) is 10.3. The van der Waals surface area contributed by atoms with Crippen molar-refractivity contribution in [3.8, 4) is 0 Å². The van der Waals surface area contributed by atoms with Gasteiger partial charge in [-0.1, -0.05) is 13.3 Å². The number of amides is 1. The second-order valence-corrected chi connectivity index (χ2v) is 2.78. The number of nitrogens with one attached hydrogen (secondary N) is 1. The van der Waals surface area contributed by atoms with Crippen LogP contribution in [-0.2, 0) is 9.59 Å². The Bertz CT molecular complexity index is 221. The Morgan fingerprint density at radius 3 is 2.54 bits per heavy atom. The molecule has 0 spiro atoms. The van der Waals surface area contributed by atoms with Crippen molar-refractivity contribution in [1.29, 1.82) is 0 Å². The van der Waals surface area contributed by atoms with E-state index in [4.69, 9.17) is 5.11 Å². The first-order chi connectivity index (χ1) is 6.07. The van der Waals surface area contributed by atoms with Gasteiger partial charge in [-0.25, -0.2) is 4.79 Å². The molecule has 2 N–H and O–H groups in total. The van der Waals surface area contributed by atoms with Crippen LogP contribution in [-0.4, -0.2) is 23.5 Å². The third-order valence-electron chi connectivity index (χ3n) is 1.51. The first-order valence-corrected chi connectivity index (χ1v) is 4.27. The fraction of sp³-hybridized carbons (Fsp3) is 0.556. The fourth-order valence-electron chi connectivity index (χ4n) is 0.698. The Morgan fingerprint density at radius 1 is 1.46 bits per heavy atom. The van der Waals surface area contributed by atoms with E-state index in [1.54, 1.807) is 0 Å². The summed E-state index contributed by atoms with van der Waals surface area (Å²) in [4.78, 5) is 21.3. The highest BCUT2D eigenvalue weighted by atomic mass is 16.4. The topological polar surface area (TPSA) is 66.4 Å². The van der Waals surface area contributed by atoms with Crippen molar-refractivity contribution in [1.82, 2.24) is 5.32 Å². The molecule has 0 heterocycles. The summed E-state index contributed by atoms with van der Waals surface area (Å²) in [6.45, 7) is 4.00. The highest BCUT2D eigenvalue weighted by Gasteiger charge is 2.02. The quantitative estimate of drug-likeness (QED) is 0.494. The molecule has 0 saturated heterocycles. The van der Waals surface area contributed by atoms with Crippen molar-refractivity contribution in [2.24, 2.45) is 0 Å². The van der Waals surface area contributed by atoms with E-state index < -0.39 is 5.97 Å². The molecule has 4 heteroatoms. The maximum absolute atomic E-state index is 11.0. The lowest BCUT2D eigenvalue weighted by atomic mass is 10.3. The molecule has 0 radical (unpaired) electrons. The number of hydrogen-bond donors (Lipinski definition) is 2. The lowest BCUT2D eigenvalue weighted by Gasteiger charge is -1.99. The molecule has 0 aromatic carbocycles. The van der Waals surface area contributed by atoms with Crippen LogP contribution in [0.3, 0.4) is 0 Å². The highest BCUT2D eigenvalue weighted by Crippen LogP contribution is 1.91. The molecule has 0 aromatic heterocycles. The largest absolute Gasteiger partial charge is 0.478 e. The molecular weight excluding hydrogens is 170 g/mol. The molecule has 4 nitrogen and oxygen atoms in total. The SMILES string of the molecule is CCCCNC(=O)/C=C(/C)C(=O)O. The predicted molar refractivity (Wildman–Crippen MR) is 49.3 cm³/mol. The molecule has 0 saturated carbocycles. The molecule has 0 aliphatic carbocycles. The van der Waals surface area contributed by atoms with Crippen LogP contribution in [0.25, 0.3) is 0 Å². The minimum Gasteiger partial charge on any atom is -0.478 e. The highest BCUT2D eigenvalue weighted by molar-refractivity contribution is 5.97. The van der Waals surface area contributed by atoms with Crippen molar-refractivity contribution in [2.75, 3.05) is 6.54 Å². The standard InChI is InChI=1S/C9H15NO3/c1-3-4-5-10-8(11)6-7(2)9(12)13/h6H,3-5H2,1-2H3,(H,10,11)(H,12,13)/b7-6-. The van der Waals surface area contributed by atoms with E-state index in [-0.39, 0.29) is 11.5 Å². The van der Waals surface area contributed by atoms with Gasteiger partial charge in [-0.05, 0) is 13.3 Å². The summed E-state index contributed by atoms with van der Waals surface area (Å²) in [5, 5.41) is 11.0. The minimum absolute atomic E-state index is 0.0500. The number of aliphatic carboxylic acids is 1. The van der Waals surface area contributed by atoms with Gasteiger partial charge in [-0.15, -0.1) is 0 Å². The molecule has 0 rings (SSSR count). The Kier molecular flexibility index (Phi) is 5.59. The van der Waals surface area contributed by atoms with E-state index >= 15 is 0 Å². The number of carbonyl (C=O) groups is 2. The molecule has 0 atom stereocenters. The normalized spacial score (nSPS) is 11.1. The number of carboxylic acid groups (broad SMARTS) is 1. The van der Waals surface area contributed by atoms with Gasteiger partial charge in [0.2, 0.25) is 5.91 Å². The fourth-order valence-corrected chi connectivity index (χ4v) is 0.698. The lowest BCUT2D eigenvalue weighted by molar-refractivity contribution is -0.133. The molecule has 0 fully saturated rings. The molecule has 0 aliphatic heterocycles. The van der Waals surface area contributed by atoms with E-state index in [9.17, 15) is 9.59 Å². The Hall–Kier alpha value is -1.32. The van der Waals surface area contributed by atoms with Gasteiger partial charge in [0.05, 0.1) is 0 Å². The maximum Gasteiger partial charge on any atom is 0.331 e. The minimum atomic E-state index is -1.06. The van der Waals surface area contributed by atoms with Crippen LogP contribution in [0, 0.1) is 0 Å². The first-order valence-electron chi connectivity index (χ1n) is 4.27. The third-order valence-corrected chi connectivity index (χ3v) is 1.51. The Balaban J connectivity index is 3.86. The molecule has 0 aliphatic rings. The summed E-state index contributed by atoms with van der Waals surface area (Å²) in [6.07, 6.45) is 3.01.